The van der Waals surface area contributed by atoms with E-state index in [1.807, 2.05) is 18.2 Å². The fourth-order valence-corrected chi connectivity index (χ4v) is 4.00. The largest absolute Gasteiger partial charge is 0.370 e. The van der Waals surface area contributed by atoms with Crippen molar-refractivity contribution >= 4 is 23.5 Å². The Morgan fingerprint density at radius 2 is 1.93 bits per heavy atom. The number of anilines is 1. The molecular formula is C23H27N5O2. The van der Waals surface area contributed by atoms with Crippen molar-refractivity contribution in [2.24, 2.45) is 10.7 Å². The molecule has 0 aromatic heterocycles. The van der Waals surface area contributed by atoms with Crippen molar-refractivity contribution in [2.75, 3.05) is 25.0 Å². The van der Waals surface area contributed by atoms with Crippen LogP contribution in [0.1, 0.15) is 39.9 Å². The number of carbonyl (C=O) groups excluding carboxylic acids is 2. The summed E-state index contributed by atoms with van der Waals surface area (Å²) in [7, 11) is 0. The molecule has 1 aliphatic heterocycles. The Balaban J connectivity index is 1.37. The molecule has 0 saturated carbocycles. The fourth-order valence-electron chi connectivity index (χ4n) is 4.00. The van der Waals surface area contributed by atoms with E-state index in [4.69, 9.17) is 5.73 Å². The van der Waals surface area contributed by atoms with Gasteiger partial charge in [0, 0.05) is 24.3 Å². The van der Waals surface area contributed by atoms with Crippen LogP contribution in [0.5, 0.6) is 0 Å². The number of hydrogen-bond acceptors (Lipinski definition) is 3. The molecule has 156 valence electrons. The highest BCUT2D eigenvalue weighted by Crippen LogP contribution is 2.27. The summed E-state index contributed by atoms with van der Waals surface area (Å²) >= 11 is 0. The number of aryl methyl sites for hydroxylation is 1. The minimum Gasteiger partial charge on any atom is -0.370 e. The highest BCUT2D eigenvalue weighted by atomic mass is 16.2. The van der Waals surface area contributed by atoms with E-state index in [0.717, 1.165) is 24.1 Å². The Morgan fingerprint density at radius 3 is 2.73 bits per heavy atom. The predicted octanol–water partition coefficient (Wildman–Crippen LogP) is 2.06. The summed E-state index contributed by atoms with van der Waals surface area (Å²) in [4.78, 5) is 30.0. The third kappa shape index (κ3) is 4.62. The maximum Gasteiger partial charge on any atom is 0.254 e. The van der Waals surface area contributed by atoms with Gasteiger partial charge in [0.1, 0.15) is 0 Å². The number of guanidine groups is 1. The van der Waals surface area contributed by atoms with Gasteiger partial charge in [-0.1, -0.05) is 24.3 Å². The Kier molecular flexibility index (Phi) is 5.97. The lowest BCUT2D eigenvalue weighted by atomic mass is 9.90. The van der Waals surface area contributed by atoms with Crippen molar-refractivity contribution in [3.8, 4) is 0 Å². The molecule has 1 fully saturated rings. The van der Waals surface area contributed by atoms with Gasteiger partial charge < -0.3 is 21.3 Å². The summed E-state index contributed by atoms with van der Waals surface area (Å²) in [6.07, 6.45) is 4.63. The van der Waals surface area contributed by atoms with Crippen molar-refractivity contribution < 1.29 is 9.59 Å². The summed E-state index contributed by atoms with van der Waals surface area (Å²) in [6, 6.07) is 13.6. The van der Waals surface area contributed by atoms with Crippen molar-refractivity contribution in [1.82, 2.24) is 10.2 Å². The van der Waals surface area contributed by atoms with Crippen LogP contribution in [0.3, 0.4) is 0 Å². The number of nitrogens with two attached hydrogens (primary N) is 1. The lowest BCUT2D eigenvalue weighted by Crippen LogP contribution is -2.49. The summed E-state index contributed by atoms with van der Waals surface area (Å²) in [5.41, 5.74) is 11.4. The van der Waals surface area contributed by atoms with E-state index in [9.17, 15) is 9.59 Å². The van der Waals surface area contributed by atoms with Crippen LogP contribution in [0.4, 0.5) is 5.69 Å². The Hall–Kier alpha value is -3.35. The highest BCUT2D eigenvalue weighted by molar-refractivity contribution is 5.97. The summed E-state index contributed by atoms with van der Waals surface area (Å²) < 4.78 is 0. The SMILES string of the molecule is NC(=NCc1ccc(C(=O)N2CCNC(=O)C2)cc1)Nc1cccc2c1CCCC2. The minimum absolute atomic E-state index is 0.107. The molecule has 0 atom stereocenters. The Labute approximate surface area is 176 Å². The molecule has 30 heavy (non-hydrogen) atoms. The van der Waals surface area contributed by atoms with Gasteiger partial charge in [0.05, 0.1) is 13.1 Å². The standard InChI is InChI=1S/C23H27N5O2/c24-23(27-20-7-3-5-17-4-1-2-6-19(17)20)26-14-16-8-10-18(11-9-16)22(30)28-13-12-25-21(29)15-28/h3,5,7-11H,1-2,4,6,12-15H2,(H,25,29)(H3,24,26,27). The van der Waals surface area contributed by atoms with Gasteiger partial charge in [0.15, 0.2) is 5.96 Å². The molecule has 7 heteroatoms. The van der Waals surface area contributed by atoms with Crippen LogP contribution in [-0.4, -0.2) is 42.3 Å². The molecule has 0 spiro atoms. The minimum atomic E-state index is -0.130. The lowest BCUT2D eigenvalue weighted by Gasteiger charge is -2.26. The Bertz CT molecular complexity index is 968. The third-order valence-electron chi connectivity index (χ3n) is 5.62. The van der Waals surface area contributed by atoms with E-state index in [0.29, 0.717) is 31.2 Å². The van der Waals surface area contributed by atoms with Gasteiger partial charge in [-0.25, -0.2) is 4.99 Å². The van der Waals surface area contributed by atoms with E-state index in [1.54, 1.807) is 17.0 Å². The molecule has 0 unspecified atom stereocenters. The molecule has 0 radical (unpaired) electrons. The molecule has 7 nitrogen and oxygen atoms in total. The van der Waals surface area contributed by atoms with E-state index >= 15 is 0 Å². The molecule has 2 amide bonds. The second-order valence-corrected chi connectivity index (χ2v) is 7.75. The monoisotopic (exact) mass is 405 g/mol. The first-order valence-corrected chi connectivity index (χ1v) is 10.4. The fraction of sp³-hybridized carbons (Fsp3) is 0.348. The quantitative estimate of drug-likeness (QED) is 0.535. The number of rotatable bonds is 4. The summed E-state index contributed by atoms with van der Waals surface area (Å²) in [6.45, 7) is 1.56. The molecule has 4 N–H and O–H groups in total. The molecule has 2 aliphatic rings. The summed E-state index contributed by atoms with van der Waals surface area (Å²) in [5.74, 6) is 0.131. The number of fused-ring (bicyclic) bond motifs is 1. The Morgan fingerprint density at radius 1 is 1.13 bits per heavy atom. The van der Waals surface area contributed by atoms with Gasteiger partial charge in [0.2, 0.25) is 5.91 Å². The average Bonchev–Trinajstić information content (AvgIpc) is 2.78. The number of aliphatic imine (C=N–C) groups is 1. The number of carbonyl (C=O) groups is 2. The number of benzene rings is 2. The van der Waals surface area contributed by atoms with Crippen LogP contribution in [0.2, 0.25) is 0 Å². The topological polar surface area (TPSA) is 99.8 Å². The lowest BCUT2D eigenvalue weighted by molar-refractivity contribution is -0.123. The van der Waals surface area contributed by atoms with Crippen molar-refractivity contribution in [2.45, 2.75) is 32.2 Å². The number of amides is 2. The molecule has 4 rings (SSSR count). The molecular weight excluding hydrogens is 378 g/mol. The van der Waals surface area contributed by atoms with Crippen LogP contribution >= 0.6 is 0 Å². The number of nitrogens with zero attached hydrogens (tertiary/aromatic N) is 2. The number of hydrogen-bond donors (Lipinski definition) is 3. The molecule has 1 aliphatic carbocycles. The first-order chi connectivity index (χ1) is 14.6. The number of nitrogens with one attached hydrogen (secondary N) is 2. The highest BCUT2D eigenvalue weighted by Gasteiger charge is 2.22. The average molecular weight is 406 g/mol. The normalized spacial score (nSPS) is 16.6. The van der Waals surface area contributed by atoms with E-state index in [2.05, 4.69) is 27.8 Å². The maximum atomic E-state index is 12.5. The zero-order chi connectivity index (χ0) is 20.9. The first-order valence-electron chi connectivity index (χ1n) is 10.4. The van der Waals surface area contributed by atoms with Crippen LogP contribution in [0.25, 0.3) is 0 Å². The van der Waals surface area contributed by atoms with Gasteiger partial charge in [0.25, 0.3) is 5.91 Å². The maximum absolute atomic E-state index is 12.5. The molecule has 2 aromatic rings. The molecule has 1 heterocycles. The molecule has 0 bridgehead atoms. The van der Waals surface area contributed by atoms with Crippen LogP contribution in [-0.2, 0) is 24.2 Å². The summed E-state index contributed by atoms with van der Waals surface area (Å²) in [5, 5.41) is 5.97. The van der Waals surface area contributed by atoms with Gasteiger partial charge in [-0.3, -0.25) is 9.59 Å². The van der Waals surface area contributed by atoms with Crippen LogP contribution < -0.4 is 16.4 Å². The predicted molar refractivity (Wildman–Crippen MR) is 117 cm³/mol. The molecule has 1 saturated heterocycles. The zero-order valence-corrected chi connectivity index (χ0v) is 17.0. The van der Waals surface area contributed by atoms with Crippen LogP contribution in [0, 0.1) is 0 Å². The third-order valence-corrected chi connectivity index (χ3v) is 5.62. The van der Waals surface area contributed by atoms with E-state index < -0.39 is 0 Å². The van der Waals surface area contributed by atoms with Crippen molar-refractivity contribution in [3.63, 3.8) is 0 Å². The van der Waals surface area contributed by atoms with Gasteiger partial charge in [-0.2, -0.15) is 0 Å². The second-order valence-electron chi connectivity index (χ2n) is 7.75. The zero-order valence-electron chi connectivity index (χ0n) is 17.0. The van der Waals surface area contributed by atoms with Crippen LogP contribution in [0.15, 0.2) is 47.5 Å². The van der Waals surface area contributed by atoms with Crippen molar-refractivity contribution in [3.05, 3.63) is 64.7 Å². The molecule has 2 aromatic carbocycles. The van der Waals surface area contributed by atoms with Gasteiger partial charge in [-0.15, -0.1) is 0 Å². The van der Waals surface area contributed by atoms with E-state index in [-0.39, 0.29) is 18.4 Å². The smallest absolute Gasteiger partial charge is 0.254 e. The number of piperazine rings is 1. The second kappa shape index (κ2) is 8.98. The van der Waals surface area contributed by atoms with Gasteiger partial charge in [-0.05, 0) is 60.6 Å². The first kappa shape index (κ1) is 19.9. The van der Waals surface area contributed by atoms with Gasteiger partial charge >= 0.3 is 0 Å². The van der Waals surface area contributed by atoms with E-state index in [1.165, 1.54) is 24.0 Å². The van der Waals surface area contributed by atoms with Crippen molar-refractivity contribution in [1.29, 1.82) is 0 Å².